The summed E-state index contributed by atoms with van der Waals surface area (Å²) in [4.78, 5) is 11.3. The van der Waals surface area contributed by atoms with Crippen molar-refractivity contribution in [2.45, 2.75) is 12.8 Å². The van der Waals surface area contributed by atoms with Crippen LogP contribution in [-0.4, -0.2) is 16.2 Å². The molecule has 0 aliphatic carbocycles. The van der Waals surface area contributed by atoms with Gasteiger partial charge in [-0.05, 0) is 30.5 Å². The molecule has 0 heterocycles. The van der Waals surface area contributed by atoms with Gasteiger partial charge in [0.05, 0.1) is 0 Å². The lowest BCUT2D eigenvalue weighted by Gasteiger charge is -2.04. The fourth-order valence-corrected chi connectivity index (χ4v) is 1.96. The van der Waals surface area contributed by atoms with Gasteiger partial charge in [-0.1, -0.05) is 48.5 Å². The van der Waals surface area contributed by atoms with Gasteiger partial charge in [0.2, 0.25) is 0 Å². The van der Waals surface area contributed by atoms with Gasteiger partial charge >= 0.3 is 5.97 Å². The Kier molecular flexibility index (Phi) is 4.56. The van der Waals surface area contributed by atoms with E-state index in [1.165, 1.54) is 6.08 Å². The molecule has 0 aliphatic rings. The molecule has 0 fully saturated rings. The summed E-state index contributed by atoms with van der Waals surface area (Å²) in [6.07, 6.45) is 2.61. The van der Waals surface area contributed by atoms with Crippen LogP contribution in [0.5, 0.6) is 5.75 Å². The number of aryl methyl sites for hydroxylation is 1. The average molecular weight is 268 g/mol. The molecule has 3 nitrogen and oxygen atoms in total. The standard InChI is InChI=1S/C17H16O3/c18-16-9-5-4-8-14(16)12-15(17(19)20)11-10-13-6-2-1-3-7-13/h1-9,12,18H,10-11H2,(H,19,20)/b15-12+. The van der Waals surface area contributed by atoms with Gasteiger partial charge in [-0.2, -0.15) is 0 Å². The summed E-state index contributed by atoms with van der Waals surface area (Å²) in [5.74, 6) is -0.866. The molecule has 2 N–H and O–H groups in total. The van der Waals surface area contributed by atoms with Gasteiger partial charge in [-0.15, -0.1) is 0 Å². The van der Waals surface area contributed by atoms with E-state index in [0.717, 1.165) is 5.56 Å². The second-order valence-corrected chi connectivity index (χ2v) is 4.52. The van der Waals surface area contributed by atoms with Gasteiger partial charge in [0.1, 0.15) is 5.75 Å². The predicted molar refractivity (Wildman–Crippen MR) is 78.5 cm³/mol. The molecule has 0 radical (unpaired) electrons. The fraction of sp³-hybridized carbons (Fsp3) is 0.118. The Morgan fingerprint density at radius 2 is 1.65 bits per heavy atom. The summed E-state index contributed by atoms with van der Waals surface area (Å²) >= 11 is 0. The van der Waals surface area contributed by atoms with Crippen LogP contribution in [0.4, 0.5) is 0 Å². The van der Waals surface area contributed by atoms with E-state index in [4.69, 9.17) is 0 Å². The first-order valence-corrected chi connectivity index (χ1v) is 6.42. The number of benzene rings is 2. The summed E-state index contributed by atoms with van der Waals surface area (Å²) in [7, 11) is 0. The highest BCUT2D eigenvalue weighted by Crippen LogP contribution is 2.21. The van der Waals surface area contributed by atoms with Crippen LogP contribution in [0.1, 0.15) is 17.5 Å². The van der Waals surface area contributed by atoms with Gasteiger partial charge < -0.3 is 10.2 Å². The van der Waals surface area contributed by atoms with Crippen LogP contribution < -0.4 is 0 Å². The molecular formula is C17H16O3. The molecule has 102 valence electrons. The van der Waals surface area contributed by atoms with Crippen LogP contribution >= 0.6 is 0 Å². The lowest BCUT2D eigenvalue weighted by Crippen LogP contribution is -2.02. The molecule has 0 saturated carbocycles. The molecule has 0 bridgehead atoms. The maximum absolute atomic E-state index is 11.3. The first-order chi connectivity index (χ1) is 9.66. The number of phenolic OH excluding ortho intramolecular Hbond substituents is 1. The highest BCUT2D eigenvalue weighted by atomic mass is 16.4. The van der Waals surface area contributed by atoms with Crippen molar-refractivity contribution in [3.8, 4) is 5.75 Å². The molecule has 0 aromatic heterocycles. The SMILES string of the molecule is O=C(O)/C(=C/c1ccccc1O)CCc1ccccc1. The van der Waals surface area contributed by atoms with E-state index in [0.29, 0.717) is 18.4 Å². The largest absolute Gasteiger partial charge is 0.507 e. The van der Waals surface area contributed by atoms with Gasteiger partial charge in [0, 0.05) is 11.1 Å². The number of carboxylic acids is 1. The van der Waals surface area contributed by atoms with Crippen molar-refractivity contribution in [3.63, 3.8) is 0 Å². The molecule has 0 unspecified atom stereocenters. The normalized spacial score (nSPS) is 11.3. The van der Waals surface area contributed by atoms with Crippen molar-refractivity contribution in [2.75, 3.05) is 0 Å². The molecule has 3 heteroatoms. The Morgan fingerprint density at radius 3 is 2.30 bits per heavy atom. The number of phenols is 1. The second kappa shape index (κ2) is 6.57. The summed E-state index contributed by atoms with van der Waals surface area (Å²) in [5.41, 5.74) is 1.91. The van der Waals surface area contributed by atoms with Crippen molar-refractivity contribution in [2.24, 2.45) is 0 Å². The minimum absolute atomic E-state index is 0.0889. The Bertz CT molecular complexity index is 615. The van der Waals surface area contributed by atoms with Crippen molar-refractivity contribution in [1.29, 1.82) is 0 Å². The Labute approximate surface area is 117 Å². The van der Waals surface area contributed by atoms with Gasteiger partial charge in [0.15, 0.2) is 0 Å². The van der Waals surface area contributed by atoms with Crippen LogP contribution in [-0.2, 0) is 11.2 Å². The summed E-state index contributed by atoms with van der Waals surface area (Å²) < 4.78 is 0. The maximum Gasteiger partial charge on any atom is 0.331 e. The van der Waals surface area contributed by atoms with Crippen LogP contribution in [0, 0.1) is 0 Å². The molecule has 0 amide bonds. The molecule has 0 spiro atoms. The average Bonchev–Trinajstić information content (AvgIpc) is 2.46. The number of aromatic hydroxyl groups is 1. The van der Waals surface area contributed by atoms with E-state index in [9.17, 15) is 15.0 Å². The van der Waals surface area contributed by atoms with E-state index in [2.05, 4.69) is 0 Å². The predicted octanol–water partition coefficient (Wildman–Crippen LogP) is 3.49. The zero-order chi connectivity index (χ0) is 14.4. The Morgan fingerprint density at radius 1 is 1.00 bits per heavy atom. The highest BCUT2D eigenvalue weighted by molar-refractivity contribution is 5.92. The maximum atomic E-state index is 11.3. The zero-order valence-corrected chi connectivity index (χ0v) is 11.0. The van der Waals surface area contributed by atoms with E-state index in [1.54, 1.807) is 24.3 Å². The number of carboxylic acid groups (broad SMARTS) is 1. The lowest BCUT2D eigenvalue weighted by molar-refractivity contribution is -0.132. The topological polar surface area (TPSA) is 57.5 Å². The molecule has 2 aromatic carbocycles. The van der Waals surface area contributed by atoms with Crippen molar-refractivity contribution in [1.82, 2.24) is 0 Å². The zero-order valence-electron chi connectivity index (χ0n) is 11.0. The second-order valence-electron chi connectivity index (χ2n) is 4.52. The molecule has 0 atom stereocenters. The number of rotatable bonds is 5. The van der Waals surface area contributed by atoms with Crippen molar-refractivity contribution < 1.29 is 15.0 Å². The van der Waals surface area contributed by atoms with Gasteiger partial charge in [0.25, 0.3) is 0 Å². The third-order valence-corrected chi connectivity index (χ3v) is 3.07. The van der Waals surface area contributed by atoms with Crippen LogP contribution in [0.25, 0.3) is 6.08 Å². The number of aliphatic carboxylic acids is 1. The quantitative estimate of drug-likeness (QED) is 0.816. The molecule has 0 aliphatic heterocycles. The van der Waals surface area contributed by atoms with Crippen LogP contribution in [0.15, 0.2) is 60.2 Å². The van der Waals surface area contributed by atoms with Crippen molar-refractivity contribution in [3.05, 3.63) is 71.3 Å². The number of hydrogen-bond donors (Lipinski definition) is 2. The van der Waals surface area contributed by atoms with Gasteiger partial charge in [-0.25, -0.2) is 4.79 Å². The van der Waals surface area contributed by atoms with Crippen molar-refractivity contribution >= 4 is 12.0 Å². The van der Waals surface area contributed by atoms with E-state index in [1.807, 2.05) is 30.3 Å². The minimum atomic E-state index is -0.954. The lowest BCUT2D eigenvalue weighted by atomic mass is 10.0. The van der Waals surface area contributed by atoms with E-state index in [-0.39, 0.29) is 11.3 Å². The Hall–Kier alpha value is -2.55. The number of hydrogen-bond acceptors (Lipinski definition) is 2. The molecule has 2 rings (SSSR count). The molecule has 2 aromatic rings. The fourth-order valence-electron chi connectivity index (χ4n) is 1.96. The molecular weight excluding hydrogens is 252 g/mol. The van der Waals surface area contributed by atoms with E-state index < -0.39 is 5.97 Å². The minimum Gasteiger partial charge on any atom is -0.507 e. The third-order valence-electron chi connectivity index (χ3n) is 3.07. The van der Waals surface area contributed by atoms with Gasteiger partial charge in [-0.3, -0.25) is 0 Å². The monoisotopic (exact) mass is 268 g/mol. The number of para-hydroxylation sites is 1. The third kappa shape index (κ3) is 3.72. The summed E-state index contributed by atoms with van der Waals surface area (Å²) in [6, 6.07) is 16.5. The number of carbonyl (C=O) groups is 1. The summed E-state index contributed by atoms with van der Waals surface area (Å²) in [6.45, 7) is 0. The van der Waals surface area contributed by atoms with Crippen LogP contribution in [0.2, 0.25) is 0 Å². The smallest absolute Gasteiger partial charge is 0.331 e. The van der Waals surface area contributed by atoms with Crippen LogP contribution in [0.3, 0.4) is 0 Å². The first-order valence-electron chi connectivity index (χ1n) is 6.42. The summed E-state index contributed by atoms with van der Waals surface area (Å²) in [5, 5.41) is 18.9. The Balaban J connectivity index is 2.16. The van der Waals surface area contributed by atoms with E-state index >= 15 is 0 Å². The molecule has 20 heavy (non-hydrogen) atoms. The first kappa shape index (κ1) is 13.9. The molecule has 0 saturated heterocycles. The highest BCUT2D eigenvalue weighted by Gasteiger charge is 2.09.